The van der Waals surface area contributed by atoms with Crippen molar-refractivity contribution in [2.24, 2.45) is 0 Å². The summed E-state index contributed by atoms with van der Waals surface area (Å²) in [6.07, 6.45) is 2.34. The highest BCUT2D eigenvalue weighted by Gasteiger charge is 2.45. The van der Waals surface area contributed by atoms with Crippen molar-refractivity contribution >= 4 is 11.6 Å². The van der Waals surface area contributed by atoms with E-state index in [0.29, 0.717) is 5.75 Å². The van der Waals surface area contributed by atoms with E-state index in [1.165, 1.54) is 12.8 Å². The monoisotopic (exact) mass is 255 g/mol. The zero-order chi connectivity index (χ0) is 12.5. The SMILES string of the molecule is CNCC1(c2cc(OC)c(OC)cc2Cl)CC1. The van der Waals surface area contributed by atoms with E-state index in [0.717, 1.165) is 22.9 Å². The van der Waals surface area contributed by atoms with Crippen LogP contribution in [0.4, 0.5) is 0 Å². The van der Waals surface area contributed by atoms with E-state index < -0.39 is 0 Å². The molecule has 1 aromatic carbocycles. The molecule has 0 radical (unpaired) electrons. The molecule has 0 amide bonds. The van der Waals surface area contributed by atoms with Gasteiger partial charge in [-0.1, -0.05) is 11.6 Å². The number of hydrogen-bond donors (Lipinski definition) is 1. The number of hydrogen-bond acceptors (Lipinski definition) is 3. The lowest BCUT2D eigenvalue weighted by molar-refractivity contribution is 0.354. The van der Waals surface area contributed by atoms with Crippen LogP contribution in [0.5, 0.6) is 11.5 Å². The van der Waals surface area contributed by atoms with E-state index in [9.17, 15) is 0 Å². The minimum atomic E-state index is 0.186. The summed E-state index contributed by atoms with van der Waals surface area (Å²) >= 11 is 6.33. The van der Waals surface area contributed by atoms with Gasteiger partial charge < -0.3 is 14.8 Å². The van der Waals surface area contributed by atoms with E-state index in [1.807, 2.05) is 19.2 Å². The second-order valence-corrected chi connectivity index (χ2v) is 4.90. The van der Waals surface area contributed by atoms with Crippen LogP contribution in [0.25, 0.3) is 0 Å². The largest absolute Gasteiger partial charge is 0.493 e. The minimum Gasteiger partial charge on any atom is -0.493 e. The molecular formula is C13H18ClNO2. The summed E-state index contributed by atoms with van der Waals surface area (Å²) in [6, 6.07) is 3.84. The molecule has 0 spiro atoms. The van der Waals surface area contributed by atoms with Gasteiger partial charge in [0.25, 0.3) is 0 Å². The average molecular weight is 256 g/mol. The van der Waals surface area contributed by atoms with Gasteiger partial charge in [-0.05, 0) is 31.5 Å². The molecule has 0 heterocycles. The Morgan fingerprint density at radius 1 is 1.24 bits per heavy atom. The van der Waals surface area contributed by atoms with Gasteiger partial charge in [0, 0.05) is 23.0 Å². The van der Waals surface area contributed by atoms with Crippen molar-refractivity contribution in [1.82, 2.24) is 5.32 Å². The van der Waals surface area contributed by atoms with Crippen molar-refractivity contribution in [3.8, 4) is 11.5 Å². The first-order valence-corrected chi connectivity index (χ1v) is 6.11. The molecule has 1 N–H and O–H groups in total. The zero-order valence-corrected chi connectivity index (χ0v) is 11.2. The maximum Gasteiger partial charge on any atom is 0.162 e. The van der Waals surface area contributed by atoms with Gasteiger partial charge in [0.2, 0.25) is 0 Å². The molecule has 0 atom stereocenters. The third-order valence-electron chi connectivity index (χ3n) is 3.41. The topological polar surface area (TPSA) is 30.5 Å². The predicted molar refractivity (Wildman–Crippen MR) is 69.4 cm³/mol. The van der Waals surface area contributed by atoms with Crippen molar-refractivity contribution in [2.75, 3.05) is 27.8 Å². The summed E-state index contributed by atoms with van der Waals surface area (Å²) in [4.78, 5) is 0. The average Bonchev–Trinajstić information content (AvgIpc) is 3.09. The summed E-state index contributed by atoms with van der Waals surface area (Å²) in [5, 5.41) is 3.99. The van der Waals surface area contributed by atoms with Crippen molar-refractivity contribution in [3.05, 3.63) is 22.7 Å². The molecule has 1 fully saturated rings. The number of halogens is 1. The van der Waals surface area contributed by atoms with Crippen molar-refractivity contribution < 1.29 is 9.47 Å². The highest BCUT2D eigenvalue weighted by Crippen LogP contribution is 2.52. The van der Waals surface area contributed by atoms with Crippen LogP contribution in [-0.4, -0.2) is 27.8 Å². The Hall–Kier alpha value is -0.930. The van der Waals surface area contributed by atoms with Crippen molar-refractivity contribution in [3.63, 3.8) is 0 Å². The van der Waals surface area contributed by atoms with Crippen LogP contribution in [-0.2, 0) is 5.41 Å². The number of rotatable bonds is 5. The van der Waals surface area contributed by atoms with Gasteiger partial charge in [0.05, 0.1) is 14.2 Å². The molecule has 4 heteroatoms. The highest BCUT2D eigenvalue weighted by atomic mass is 35.5. The molecule has 1 aromatic rings. The van der Waals surface area contributed by atoms with Gasteiger partial charge in [-0.3, -0.25) is 0 Å². The third kappa shape index (κ3) is 2.22. The zero-order valence-electron chi connectivity index (χ0n) is 10.5. The van der Waals surface area contributed by atoms with Gasteiger partial charge in [0.15, 0.2) is 11.5 Å². The summed E-state index contributed by atoms with van der Waals surface area (Å²) in [5.41, 5.74) is 1.34. The van der Waals surface area contributed by atoms with Gasteiger partial charge in [0.1, 0.15) is 0 Å². The molecule has 3 nitrogen and oxygen atoms in total. The first kappa shape index (κ1) is 12.5. The first-order chi connectivity index (χ1) is 8.16. The quantitative estimate of drug-likeness (QED) is 0.877. The summed E-state index contributed by atoms with van der Waals surface area (Å²) in [6.45, 7) is 0.947. The maximum atomic E-state index is 6.33. The Labute approximate surface area is 107 Å². The summed E-state index contributed by atoms with van der Waals surface area (Å²) < 4.78 is 10.6. The fourth-order valence-corrected chi connectivity index (χ4v) is 2.65. The second kappa shape index (κ2) is 4.75. The van der Waals surface area contributed by atoms with E-state index in [2.05, 4.69) is 5.32 Å². The van der Waals surface area contributed by atoms with E-state index >= 15 is 0 Å². The molecule has 0 saturated heterocycles. The molecule has 1 aliphatic rings. The molecule has 0 unspecified atom stereocenters. The maximum absolute atomic E-state index is 6.33. The van der Waals surface area contributed by atoms with Crippen LogP contribution < -0.4 is 14.8 Å². The van der Waals surface area contributed by atoms with Gasteiger partial charge >= 0.3 is 0 Å². The highest BCUT2D eigenvalue weighted by molar-refractivity contribution is 6.31. The van der Waals surface area contributed by atoms with Crippen LogP contribution in [0.3, 0.4) is 0 Å². The van der Waals surface area contributed by atoms with Crippen LogP contribution in [0.2, 0.25) is 5.02 Å². The van der Waals surface area contributed by atoms with E-state index in [4.69, 9.17) is 21.1 Å². The summed E-state index contributed by atoms with van der Waals surface area (Å²) in [5.74, 6) is 1.43. The fraction of sp³-hybridized carbons (Fsp3) is 0.538. The molecular weight excluding hydrogens is 238 g/mol. The van der Waals surface area contributed by atoms with Crippen LogP contribution in [0, 0.1) is 0 Å². The standard InChI is InChI=1S/C13H18ClNO2/c1-15-8-13(4-5-13)9-6-11(16-2)12(17-3)7-10(9)14/h6-7,15H,4-5,8H2,1-3H3. The molecule has 0 aromatic heterocycles. The second-order valence-electron chi connectivity index (χ2n) is 4.50. The Balaban J connectivity index is 2.41. The Morgan fingerprint density at radius 2 is 1.82 bits per heavy atom. The van der Waals surface area contributed by atoms with Crippen molar-refractivity contribution in [2.45, 2.75) is 18.3 Å². The molecule has 0 bridgehead atoms. The normalized spacial score (nSPS) is 16.7. The fourth-order valence-electron chi connectivity index (χ4n) is 2.29. The molecule has 2 rings (SSSR count). The summed E-state index contributed by atoms with van der Waals surface area (Å²) in [7, 11) is 5.23. The number of likely N-dealkylation sites (N-methyl/N-ethyl adjacent to an activating group) is 1. The molecule has 0 aliphatic heterocycles. The smallest absolute Gasteiger partial charge is 0.162 e. The van der Waals surface area contributed by atoms with Crippen LogP contribution in [0.1, 0.15) is 18.4 Å². The van der Waals surface area contributed by atoms with E-state index in [1.54, 1.807) is 14.2 Å². The lowest BCUT2D eigenvalue weighted by atomic mass is 9.95. The van der Waals surface area contributed by atoms with Gasteiger partial charge in [-0.25, -0.2) is 0 Å². The predicted octanol–water partition coefficient (Wildman–Crippen LogP) is 2.61. The number of methoxy groups -OCH3 is 2. The first-order valence-electron chi connectivity index (χ1n) is 5.73. The van der Waals surface area contributed by atoms with Gasteiger partial charge in [-0.15, -0.1) is 0 Å². The lowest BCUT2D eigenvalue weighted by Gasteiger charge is -2.19. The molecule has 1 aliphatic carbocycles. The molecule has 17 heavy (non-hydrogen) atoms. The Bertz CT molecular complexity index is 416. The number of nitrogens with one attached hydrogen (secondary N) is 1. The van der Waals surface area contributed by atoms with Crippen molar-refractivity contribution in [1.29, 1.82) is 0 Å². The lowest BCUT2D eigenvalue weighted by Crippen LogP contribution is -2.23. The van der Waals surface area contributed by atoms with Crippen LogP contribution in [0.15, 0.2) is 12.1 Å². The molecule has 1 saturated carbocycles. The third-order valence-corrected chi connectivity index (χ3v) is 3.73. The van der Waals surface area contributed by atoms with E-state index in [-0.39, 0.29) is 5.41 Å². The number of benzene rings is 1. The van der Waals surface area contributed by atoms with Crippen LogP contribution >= 0.6 is 11.6 Å². The molecule has 94 valence electrons. The Kier molecular flexibility index (Phi) is 3.50. The Morgan fingerprint density at radius 3 is 2.29 bits per heavy atom. The number of ether oxygens (including phenoxy) is 2. The minimum absolute atomic E-state index is 0.186. The van der Waals surface area contributed by atoms with Gasteiger partial charge in [-0.2, -0.15) is 0 Å².